The monoisotopic (exact) mass is 874 g/mol. The smallest absolute Gasteiger partial charge is 0.407 e. The summed E-state index contributed by atoms with van der Waals surface area (Å²) in [6, 6.07) is 1.62. The van der Waals surface area contributed by atoms with Crippen molar-refractivity contribution in [2.45, 2.75) is 130 Å². The molecular weight excluding hydrogens is 809 g/mol. The third kappa shape index (κ3) is 20.8. The molecule has 7 amide bonds. The van der Waals surface area contributed by atoms with Gasteiger partial charge in [-0.05, 0) is 105 Å². The molecule has 346 valence electrons. The van der Waals surface area contributed by atoms with Crippen LogP contribution in [0.15, 0.2) is 30.4 Å². The zero-order valence-corrected chi connectivity index (χ0v) is 37.5. The van der Waals surface area contributed by atoms with Crippen LogP contribution in [0.5, 0.6) is 5.75 Å². The number of carbonyl (C=O) groups excluding carboxylic acids is 8. The van der Waals surface area contributed by atoms with Crippen LogP contribution in [0.1, 0.15) is 99.5 Å². The van der Waals surface area contributed by atoms with E-state index in [-0.39, 0.29) is 75.8 Å². The fraction of sp³-hybridized carbons (Fsp3) is 0.628. The molecule has 62 heavy (non-hydrogen) atoms. The maximum absolute atomic E-state index is 13.6. The fourth-order valence-corrected chi connectivity index (χ4v) is 5.95. The quantitative estimate of drug-likeness (QED) is 0.0358. The maximum Gasteiger partial charge on any atom is 0.407 e. The van der Waals surface area contributed by atoms with Gasteiger partial charge in [0.2, 0.25) is 23.6 Å². The number of carbonyl (C=O) groups is 8. The number of hydrogen-bond donors (Lipinski definition) is 6. The number of phenols is 1. The summed E-state index contributed by atoms with van der Waals surface area (Å²) in [6.07, 6.45) is 3.02. The largest absolute Gasteiger partial charge is 0.506 e. The topological polar surface area (TPSA) is 257 Å². The number of amides is 7. The van der Waals surface area contributed by atoms with Crippen LogP contribution in [-0.2, 0) is 58.9 Å². The number of aromatic hydroxyl groups is 1. The predicted molar refractivity (Wildman–Crippen MR) is 227 cm³/mol. The molecule has 0 aromatic heterocycles. The highest BCUT2D eigenvalue weighted by Crippen LogP contribution is 2.26. The Hall–Kier alpha value is -5.56. The number of nitrogens with one attached hydrogen (secondary N) is 5. The van der Waals surface area contributed by atoms with Gasteiger partial charge in [-0.3, -0.25) is 38.5 Å². The highest BCUT2D eigenvalue weighted by molar-refractivity contribution is 6.12. The Morgan fingerprint density at radius 3 is 2.10 bits per heavy atom. The Labute approximate surface area is 363 Å². The van der Waals surface area contributed by atoms with Gasteiger partial charge in [0.05, 0.1) is 24.8 Å². The van der Waals surface area contributed by atoms with Crippen molar-refractivity contribution in [3.63, 3.8) is 0 Å². The molecule has 0 bridgehead atoms. The lowest BCUT2D eigenvalue weighted by Crippen LogP contribution is -2.51. The molecule has 1 aliphatic rings. The number of nitrogens with zero attached hydrogens (tertiary/aromatic N) is 1. The second kappa shape index (κ2) is 25.4. The minimum atomic E-state index is -1.15. The van der Waals surface area contributed by atoms with Crippen molar-refractivity contribution in [3.05, 3.63) is 35.9 Å². The molecule has 2 rings (SSSR count). The van der Waals surface area contributed by atoms with Crippen molar-refractivity contribution < 1.29 is 62.4 Å². The Balaban J connectivity index is 2.12. The molecule has 1 unspecified atom stereocenters. The molecule has 0 saturated carbocycles. The molecule has 0 radical (unpaired) electrons. The fourth-order valence-electron chi connectivity index (χ4n) is 5.95. The van der Waals surface area contributed by atoms with Crippen molar-refractivity contribution in [2.24, 2.45) is 5.92 Å². The summed E-state index contributed by atoms with van der Waals surface area (Å²) in [5.41, 5.74) is -0.895. The standard InChI is InChI=1S/C43H66N6O13/c1-27(40(57)61-42(3,4)5)23-30(46-41(58)62-43(6,7)8)24-29-15-16-33(50)32(25-29)48-38(55)28(2)45-39(56)31(13-10-11-19-44-35(52)26-60-22-21-59-9)47-34(51)14-12-20-49-36(53)17-18-37(49)54/h15-18,25,27-28,30-31,50H,10-14,19-24,26H2,1-9H3,(H,44,52)(H,45,56)(H,46,58)(H,47,51)(H,48,55)/t27?,28-,30+,31-/m0/s1. The van der Waals surface area contributed by atoms with Gasteiger partial charge in [-0.15, -0.1) is 0 Å². The van der Waals surface area contributed by atoms with Gasteiger partial charge in [-0.1, -0.05) is 13.0 Å². The van der Waals surface area contributed by atoms with E-state index in [1.54, 1.807) is 54.5 Å². The number of benzene rings is 1. The van der Waals surface area contributed by atoms with E-state index in [0.717, 1.165) is 17.1 Å². The lowest BCUT2D eigenvalue weighted by Gasteiger charge is -2.27. The average molecular weight is 875 g/mol. The summed E-state index contributed by atoms with van der Waals surface area (Å²) < 4.78 is 21.1. The Morgan fingerprint density at radius 2 is 1.47 bits per heavy atom. The molecule has 1 heterocycles. The van der Waals surface area contributed by atoms with Crippen LogP contribution in [0.3, 0.4) is 0 Å². The molecule has 4 atom stereocenters. The SMILES string of the molecule is COCCOCC(=O)NCCCC[C@H](NC(=O)CCCN1C(=O)C=CC1=O)C(=O)N[C@@H](C)C(=O)Nc1cc(C[C@@H](CC(C)C(=O)OC(C)(C)C)NC(=O)OC(C)(C)C)ccc1O. The predicted octanol–water partition coefficient (Wildman–Crippen LogP) is 2.78. The van der Waals surface area contributed by atoms with Crippen LogP contribution in [0, 0.1) is 5.92 Å². The van der Waals surface area contributed by atoms with E-state index in [9.17, 15) is 43.5 Å². The maximum atomic E-state index is 13.6. The first kappa shape index (κ1) is 52.6. The van der Waals surface area contributed by atoms with Crippen molar-refractivity contribution in [1.82, 2.24) is 26.2 Å². The number of hydrogen-bond acceptors (Lipinski definition) is 13. The molecule has 0 aliphatic carbocycles. The minimum Gasteiger partial charge on any atom is -0.506 e. The van der Waals surface area contributed by atoms with Gasteiger partial charge in [0.15, 0.2) is 0 Å². The van der Waals surface area contributed by atoms with Crippen molar-refractivity contribution in [3.8, 4) is 5.75 Å². The van der Waals surface area contributed by atoms with E-state index in [4.69, 9.17) is 18.9 Å². The number of imide groups is 1. The van der Waals surface area contributed by atoms with Crippen molar-refractivity contribution in [2.75, 3.05) is 45.3 Å². The summed E-state index contributed by atoms with van der Waals surface area (Å²) in [5, 5.41) is 24.1. The van der Waals surface area contributed by atoms with Crippen LogP contribution < -0.4 is 26.6 Å². The Morgan fingerprint density at radius 1 is 0.806 bits per heavy atom. The van der Waals surface area contributed by atoms with Crippen LogP contribution in [0.2, 0.25) is 0 Å². The zero-order chi connectivity index (χ0) is 46.6. The molecule has 0 fully saturated rings. The molecule has 0 saturated heterocycles. The normalized spacial score (nSPS) is 14.6. The van der Waals surface area contributed by atoms with E-state index >= 15 is 0 Å². The van der Waals surface area contributed by atoms with Crippen LogP contribution in [0.4, 0.5) is 10.5 Å². The van der Waals surface area contributed by atoms with Crippen molar-refractivity contribution >= 4 is 53.2 Å². The number of anilines is 1. The van der Waals surface area contributed by atoms with E-state index in [1.165, 1.54) is 26.2 Å². The third-order valence-electron chi connectivity index (χ3n) is 8.97. The first-order valence-electron chi connectivity index (χ1n) is 20.8. The first-order chi connectivity index (χ1) is 29.0. The Bertz CT molecular complexity index is 1740. The minimum absolute atomic E-state index is 0.0151. The molecule has 0 spiro atoms. The number of phenolic OH excluding ortho intramolecular Hbond substituents is 1. The summed E-state index contributed by atoms with van der Waals surface area (Å²) in [7, 11) is 1.52. The van der Waals surface area contributed by atoms with Gasteiger partial charge in [0.25, 0.3) is 11.8 Å². The number of methoxy groups -OCH3 is 1. The lowest BCUT2D eigenvalue weighted by atomic mass is 9.95. The number of unbranched alkanes of at least 4 members (excludes halogenated alkanes) is 1. The summed E-state index contributed by atoms with van der Waals surface area (Å²) >= 11 is 0. The van der Waals surface area contributed by atoms with E-state index in [1.807, 2.05) is 0 Å². The number of rotatable bonds is 25. The Kier molecular flexibility index (Phi) is 21.5. The van der Waals surface area contributed by atoms with E-state index in [0.29, 0.717) is 25.0 Å². The first-order valence-corrected chi connectivity index (χ1v) is 20.8. The van der Waals surface area contributed by atoms with Gasteiger partial charge >= 0.3 is 12.1 Å². The summed E-state index contributed by atoms with van der Waals surface area (Å²) in [6.45, 7) is 14.3. The van der Waals surface area contributed by atoms with Gasteiger partial charge < -0.3 is 50.6 Å². The molecule has 19 nitrogen and oxygen atoms in total. The molecule has 1 aromatic rings. The molecule has 19 heteroatoms. The number of alkyl carbamates (subject to hydrolysis) is 1. The average Bonchev–Trinajstić information content (AvgIpc) is 3.48. The van der Waals surface area contributed by atoms with Crippen molar-refractivity contribution in [1.29, 1.82) is 0 Å². The van der Waals surface area contributed by atoms with Gasteiger partial charge in [0, 0.05) is 44.8 Å². The number of ether oxygens (including phenoxy) is 4. The lowest BCUT2D eigenvalue weighted by molar-refractivity contribution is -0.159. The van der Waals surface area contributed by atoms with Crippen LogP contribution in [-0.4, -0.2) is 127 Å². The zero-order valence-electron chi connectivity index (χ0n) is 37.5. The van der Waals surface area contributed by atoms with E-state index in [2.05, 4.69) is 26.6 Å². The summed E-state index contributed by atoms with van der Waals surface area (Å²) in [5.74, 6) is -4.47. The van der Waals surface area contributed by atoms with Crippen LogP contribution >= 0.6 is 0 Å². The molecule has 1 aliphatic heterocycles. The van der Waals surface area contributed by atoms with Gasteiger partial charge in [0.1, 0.15) is 35.6 Å². The second-order valence-electron chi connectivity index (χ2n) is 17.1. The summed E-state index contributed by atoms with van der Waals surface area (Å²) in [4.78, 5) is 102. The number of esters is 1. The highest BCUT2D eigenvalue weighted by Gasteiger charge is 2.29. The highest BCUT2D eigenvalue weighted by atomic mass is 16.6. The second-order valence-corrected chi connectivity index (χ2v) is 17.1. The van der Waals surface area contributed by atoms with Gasteiger partial charge in [-0.25, -0.2) is 4.79 Å². The molecular formula is C43H66N6O13. The molecule has 6 N–H and O–H groups in total. The molecule has 1 aromatic carbocycles. The third-order valence-corrected chi connectivity index (χ3v) is 8.97. The van der Waals surface area contributed by atoms with E-state index < -0.39 is 76.8 Å². The van der Waals surface area contributed by atoms with Gasteiger partial charge in [-0.2, -0.15) is 0 Å². The van der Waals surface area contributed by atoms with Crippen LogP contribution in [0.25, 0.3) is 0 Å².